The van der Waals surface area contributed by atoms with Gasteiger partial charge in [-0.25, -0.2) is 4.79 Å². The number of carbonyl (C=O) groups excluding carboxylic acids is 3. The van der Waals surface area contributed by atoms with Gasteiger partial charge in [-0.1, -0.05) is 56.3 Å². The molecule has 0 bridgehead atoms. The molecule has 0 radical (unpaired) electrons. The molecule has 2 amide bonds. The molecule has 0 fully saturated rings. The van der Waals surface area contributed by atoms with Crippen molar-refractivity contribution in [1.29, 1.82) is 0 Å². The molecule has 1 heterocycles. The summed E-state index contributed by atoms with van der Waals surface area (Å²) < 4.78 is 5.35. The first-order chi connectivity index (χ1) is 16.3. The molecule has 6 nitrogen and oxygen atoms in total. The van der Waals surface area contributed by atoms with Gasteiger partial charge in [0.1, 0.15) is 0 Å². The molecule has 1 N–H and O–H groups in total. The van der Waals surface area contributed by atoms with E-state index in [0.29, 0.717) is 35.8 Å². The summed E-state index contributed by atoms with van der Waals surface area (Å²) in [6.07, 6.45) is 1.13. The summed E-state index contributed by atoms with van der Waals surface area (Å²) in [6.45, 7) is 9.05. The molecule has 1 atom stereocenters. The Kier molecular flexibility index (Phi) is 8.63. The number of hydrogen-bond donors (Lipinski definition) is 1. The van der Waals surface area contributed by atoms with Crippen LogP contribution in [0.3, 0.4) is 0 Å². The Morgan fingerprint density at radius 1 is 1.09 bits per heavy atom. The second kappa shape index (κ2) is 11.6. The molecule has 1 unspecified atom stereocenters. The van der Waals surface area contributed by atoms with Crippen molar-refractivity contribution in [3.63, 3.8) is 0 Å². The Morgan fingerprint density at radius 3 is 2.38 bits per heavy atom. The second-order valence-electron chi connectivity index (χ2n) is 9.00. The van der Waals surface area contributed by atoms with Gasteiger partial charge in [0.05, 0.1) is 18.7 Å². The second-order valence-corrected chi connectivity index (χ2v) is 9.00. The lowest BCUT2D eigenvalue weighted by Crippen LogP contribution is -2.38. The highest BCUT2D eigenvalue weighted by molar-refractivity contribution is 5.96. The molecule has 0 aromatic heterocycles. The maximum Gasteiger partial charge on any atom is 0.336 e. The Balaban J connectivity index is 1.81. The fraction of sp³-hybridized carbons (Fsp3) is 0.393. The van der Waals surface area contributed by atoms with E-state index in [1.165, 1.54) is 0 Å². The maximum atomic E-state index is 13.1. The summed E-state index contributed by atoms with van der Waals surface area (Å²) in [4.78, 5) is 40.0. The van der Waals surface area contributed by atoms with Gasteiger partial charge in [-0.3, -0.25) is 9.59 Å². The van der Waals surface area contributed by atoms with E-state index in [4.69, 9.17) is 4.74 Å². The minimum absolute atomic E-state index is 0.0464. The largest absolute Gasteiger partial charge is 0.463 e. The topological polar surface area (TPSA) is 75.7 Å². The van der Waals surface area contributed by atoms with Crippen molar-refractivity contribution in [2.45, 2.75) is 53.0 Å². The van der Waals surface area contributed by atoms with Crippen LogP contribution in [0.25, 0.3) is 0 Å². The molecule has 0 saturated carbocycles. The third-order valence-electron chi connectivity index (χ3n) is 6.08. The number of benzene rings is 2. The lowest BCUT2D eigenvalue weighted by atomic mass is 9.83. The molecular formula is C28H34N2O4. The quantitative estimate of drug-likeness (QED) is 0.543. The van der Waals surface area contributed by atoms with E-state index in [1.54, 1.807) is 30.9 Å². The third kappa shape index (κ3) is 6.13. The van der Waals surface area contributed by atoms with Crippen LogP contribution in [0.4, 0.5) is 0 Å². The summed E-state index contributed by atoms with van der Waals surface area (Å²) in [5, 5.41) is 2.93. The van der Waals surface area contributed by atoms with Crippen LogP contribution < -0.4 is 5.32 Å². The minimum Gasteiger partial charge on any atom is -0.463 e. The van der Waals surface area contributed by atoms with Gasteiger partial charge in [-0.05, 0) is 49.4 Å². The summed E-state index contributed by atoms with van der Waals surface area (Å²) >= 11 is 0. The van der Waals surface area contributed by atoms with Crippen LogP contribution in [-0.4, -0.2) is 35.8 Å². The first-order valence-corrected chi connectivity index (χ1v) is 11.9. The number of amides is 2. The van der Waals surface area contributed by atoms with Crippen molar-refractivity contribution < 1.29 is 19.1 Å². The smallest absolute Gasteiger partial charge is 0.336 e. The number of allylic oxidation sites excluding steroid dienone is 1. The maximum absolute atomic E-state index is 13.1. The molecular weight excluding hydrogens is 428 g/mol. The predicted molar refractivity (Wildman–Crippen MR) is 132 cm³/mol. The van der Waals surface area contributed by atoms with Gasteiger partial charge in [0.2, 0.25) is 5.91 Å². The van der Waals surface area contributed by atoms with Crippen LogP contribution in [0, 0.1) is 5.92 Å². The minimum atomic E-state index is -0.389. The van der Waals surface area contributed by atoms with Crippen molar-refractivity contribution in [2.24, 2.45) is 5.92 Å². The normalized spacial score (nSPS) is 16.1. The van der Waals surface area contributed by atoms with Gasteiger partial charge in [0.25, 0.3) is 5.91 Å². The van der Waals surface area contributed by atoms with Crippen LogP contribution in [0.2, 0.25) is 0 Å². The van der Waals surface area contributed by atoms with Gasteiger partial charge in [0, 0.05) is 30.1 Å². The molecule has 3 rings (SSSR count). The number of rotatable bonds is 9. The number of esters is 1. The van der Waals surface area contributed by atoms with Crippen molar-refractivity contribution in [3.05, 3.63) is 82.6 Å². The highest BCUT2D eigenvalue weighted by Gasteiger charge is 2.36. The molecule has 0 saturated heterocycles. The number of nitrogens with zero attached hydrogens (tertiary/aromatic N) is 1. The van der Waals surface area contributed by atoms with Crippen molar-refractivity contribution >= 4 is 17.8 Å². The molecule has 6 heteroatoms. The van der Waals surface area contributed by atoms with Crippen LogP contribution in [-0.2, 0) is 20.9 Å². The molecule has 34 heavy (non-hydrogen) atoms. The van der Waals surface area contributed by atoms with Crippen molar-refractivity contribution in [2.75, 3.05) is 13.2 Å². The summed E-state index contributed by atoms with van der Waals surface area (Å²) in [5.41, 5.74) is 3.52. The fourth-order valence-electron chi connectivity index (χ4n) is 4.17. The fourth-order valence-corrected chi connectivity index (χ4v) is 4.17. The standard InChI is InChI=1S/C28H34N2O4/c1-5-34-28(33)26-20(4)30(25(31)17-24(26)22-9-7-6-8-10-22)18-21-11-13-23(14-12-21)27(32)29-16-15-19(2)3/h6-14,19,24H,5,15-18H2,1-4H3,(H,29,32). The molecule has 1 aliphatic rings. The lowest BCUT2D eigenvalue weighted by molar-refractivity contribution is -0.140. The first kappa shape index (κ1) is 25.2. The van der Waals surface area contributed by atoms with E-state index in [9.17, 15) is 14.4 Å². The van der Waals surface area contributed by atoms with Gasteiger partial charge in [0.15, 0.2) is 0 Å². The SMILES string of the molecule is CCOC(=O)C1=C(C)N(Cc2ccc(C(=O)NCCC(C)C)cc2)C(=O)CC1c1ccccc1. The summed E-state index contributed by atoms with van der Waals surface area (Å²) in [7, 11) is 0. The Hall–Kier alpha value is -3.41. The van der Waals surface area contributed by atoms with Crippen LogP contribution in [0.15, 0.2) is 65.9 Å². The van der Waals surface area contributed by atoms with E-state index in [0.717, 1.165) is 17.5 Å². The predicted octanol–water partition coefficient (Wildman–Crippen LogP) is 4.82. The lowest BCUT2D eigenvalue weighted by Gasteiger charge is -2.34. The average molecular weight is 463 g/mol. The highest BCUT2D eigenvalue weighted by Crippen LogP contribution is 2.37. The zero-order valence-corrected chi connectivity index (χ0v) is 20.5. The molecule has 0 aliphatic carbocycles. The van der Waals surface area contributed by atoms with Crippen LogP contribution in [0.5, 0.6) is 0 Å². The number of hydrogen-bond acceptors (Lipinski definition) is 4. The summed E-state index contributed by atoms with van der Waals surface area (Å²) in [6, 6.07) is 16.8. The van der Waals surface area contributed by atoms with E-state index >= 15 is 0 Å². The molecule has 0 spiro atoms. The monoisotopic (exact) mass is 462 g/mol. The molecule has 2 aromatic rings. The van der Waals surface area contributed by atoms with Crippen molar-refractivity contribution in [3.8, 4) is 0 Å². The zero-order chi connectivity index (χ0) is 24.7. The third-order valence-corrected chi connectivity index (χ3v) is 6.08. The molecule has 180 valence electrons. The van der Waals surface area contributed by atoms with Gasteiger partial charge >= 0.3 is 5.97 Å². The highest BCUT2D eigenvalue weighted by atomic mass is 16.5. The average Bonchev–Trinajstić information content (AvgIpc) is 2.82. The Labute approximate surface area is 202 Å². The van der Waals surface area contributed by atoms with Crippen LogP contribution >= 0.6 is 0 Å². The molecule has 1 aliphatic heterocycles. The van der Waals surface area contributed by atoms with E-state index in [2.05, 4.69) is 19.2 Å². The van der Waals surface area contributed by atoms with Gasteiger partial charge < -0.3 is 15.0 Å². The van der Waals surface area contributed by atoms with Gasteiger partial charge in [-0.2, -0.15) is 0 Å². The molecule has 2 aromatic carbocycles. The number of ether oxygens (including phenoxy) is 1. The van der Waals surface area contributed by atoms with Gasteiger partial charge in [-0.15, -0.1) is 0 Å². The first-order valence-electron chi connectivity index (χ1n) is 11.9. The number of carbonyl (C=O) groups is 3. The van der Waals surface area contributed by atoms with Crippen molar-refractivity contribution in [1.82, 2.24) is 10.2 Å². The zero-order valence-electron chi connectivity index (χ0n) is 20.5. The Bertz CT molecular complexity index is 1040. The number of nitrogens with one attached hydrogen (secondary N) is 1. The van der Waals surface area contributed by atoms with E-state index in [-0.39, 0.29) is 36.7 Å². The summed E-state index contributed by atoms with van der Waals surface area (Å²) in [5.74, 6) is -0.342. The Morgan fingerprint density at radius 2 is 1.76 bits per heavy atom. The van der Waals surface area contributed by atoms with E-state index in [1.807, 2.05) is 42.5 Å². The van der Waals surface area contributed by atoms with E-state index < -0.39 is 0 Å². The van der Waals surface area contributed by atoms with Crippen LogP contribution in [0.1, 0.15) is 67.9 Å².